The van der Waals surface area contributed by atoms with Crippen LogP contribution in [0, 0.1) is 35.5 Å². The topological polar surface area (TPSA) is 34.1 Å². The van der Waals surface area contributed by atoms with E-state index in [9.17, 15) is 8.42 Å². The van der Waals surface area contributed by atoms with Gasteiger partial charge < -0.3 is 0 Å². The average molecular weight is 356 g/mol. The van der Waals surface area contributed by atoms with E-state index in [1.54, 1.807) is 48.6 Å². The molecule has 0 fully saturated rings. The summed E-state index contributed by atoms with van der Waals surface area (Å²) in [6.45, 7) is 0. The summed E-state index contributed by atoms with van der Waals surface area (Å²) in [5, 5.41) is 0. The minimum Gasteiger partial charge on any atom is -0.223 e. The van der Waals surface area contributed by atoms with Crippen LogP contribution in [-0.4, -0.2) is 14.2 Å². The molecule has 26 heavy (non-hydrogen) atoms. The average Bonchev–Trinajstić information content (AvgIpc) is 2.67. The van der Waals surface area contributed by atoms with Crippen LogP contribution in [0.4, 0.5) is 0 Å². The molecule has 0 aromatic heterocycles. The van der Waals surface area contributed by atoms with Gasteiger partial charge in [0.2, 0.25) is 0 Å². The van der Waals surface area contributed by atoms with Gasteiger partial charge in [0.05, 0.1) is 4.90 Å². The van der Waals surface area contributed by atoms with Crippen molar-refractivity contribution in [3.05, 3.63) is 90.5 Å². The molecule has 0 N–H and O–H groups in total. The Balaban J connectivity index is 1.81. The van der Waals surface area contributed by atoms with Gasteiger partial charge in [0.25, 0.3) is 0 Å². The standard InChI is InChI=1S/C23H16O2S/c24-26(25,23-19-13-9-14-20-23)21-15-7-5-3-1-2-4-6-10-16-22-17-11-8-12-18-22/h3-6,8-9,11-14,17-20H,21H2/b5-3-,6-4-. The Morgan fingerprint density at radius 1 is 0.692 bits per heavy atom. The summed E-state index contributed by atoms with van der Waals surface area (Å²) < 4.78 is 24.0. The molecule has 0 atom stereocenters. The minimum atomic E-state index is -3.36. The lowest BCUT2D eigenvalue weighted by molar-refractivity contribution is 0.599. The summed E-state index contributed by atoms with van der Waals surface area (Å²) in [5.74, 6) is 16.5. The predicted octanol–water partition coefficient (Wildman–Crippen LogP) is 3.63. The van der Waals surface area contributed by atoms with Gasteiger partial charge >= 0.3 is 0 Å². The zero-order valence-electron chi connectivity index (χ0n) is 14.0. The van der Waals surface area contributed by atoms with Gasteiger partial charge in [-0.3, -0.25) is 0 Å². The molecule has 0 amide bonds. The Hall–Kier alpha value is -3.45. The Morgan fingerprint density at radius 3 is 1.88 bits per heavy atom. The molecule has 2 rings (SSSR count). The highest BCUT2D eigenvalue weighted by Crippen LogP contribution is 2.08. The van der Waals surface area contributed by atoms with Gasteiger partial charge in [-0.15, -0.1) is 0 Å². The third-order valence-electron chi connectivity index (χ3n) is 3.04. The van der Waals surface area contributed by atoms with E-state index in [1.165, 1.54) is 6.08 Å². The van der Waals surface area contributed by atoms with Crippen LogP contribution in [0.15, 0.2) is 89.9 Å². The Bertz CT molecular complexity index is 1060. The van der Waals surface area contributed by atoms with Crippen LogP contribution in [-0.2, 0) is 9.84 Å². The summed E-state index contributed by atoms with van der Waals surface area (Å²) >= 11 is 0. The van der Waals surface area contributed by atoms with Crippen molar-refractivity contribution in [3.8, 4) is 35.5 Å². The van der Waals surface area contributed by atoms with Crippen LogP contribution >= 0.6 is 0 Å². The van der Waals surface area contributed by atoms with E-state index in [0.717, 1.165) is 5.56 Å². The molecule has 2 aromatic rings. The molecular weight excluding hydrogens is 340 g/mol. The number of hydrogen-bond donors (Lipinski definition) is 0. The lowest BCUT2D eigenvalue weighted by Crippen LogP contribution is -2.04. The first kappa shape index (κ1) is 18.9. The van der Waals surface area contributed by atoms with Gasteiger partial charge in [0.15, 0.2) is 9.84 Å². The number of sulfone groups is 1. The monoisotopic (exact) mass is 356 g/mol. The lowest BCUT2D eigenvalue weighted by atomic mass is 10.2. The highest BCUT2D eigenvalue weighted by molar-refractivity contribution is 7.91. The van der Waals surface area contributed by atoms with E-state index >= 15 is 0 Å². The molecular formula is C23H16O2S. The van der Waals surface area contributed by atoms with Crippen molar-refractivity contribution >= 4 is 9.84 Å². The summed E-state index contributed by atoms with van der Waals surface area (Å²) in [6, 6.07) is 18.0. The number of rotatable bonds is 2. The molecule has 0 spiro atoms. The fraction of sp³-hybridized carbons (Fsp3) is 0.0435. The molecule has 2 nitrogen and oxygen atoms in total. The van der Waals surface area contributed by atoms with Crippen molar-refractivity contribution < 1.29 is 8.42 Å². The highest BCUT2D eigenvalue weighted by atomic mass is 32.2. The van der Waals surface area contributed by atoms with Crippen molar-refractivity contribution in [1.82, 2.24) is 0 Å². The fourth-order valence-corrected chi connectivity index (χ4v) is 2.83. The molecule has 0 aliphatic rings. The van der Waals surface area contributed by atoms with E-state index in [4.69, 9.17) is 0 Å². The first-order valence-corrected chi connectivity index (χ1v) is 9.47. The van der Waals surface area contributed by atoms with Crippen LogP contribution in [0.25, 0.3) is 0 Å². The Kier molecular flexibility index (Phi) is 7.57. The van der Waals surface area contributed by atoms with E-state index in [1.807, 2.05) is 30.3 Å². The van der Waals surface area contributed by atoms with Crippen molar-refractivity contribution in [1.29, 1.82) is 0 Å². The summed E-state index contributed by atoms with van der Waals surface area (Å²) in [6.07, 6.45) is 6.41. The molecule has 0 radical (unpaired) electrons. The quantitative estimate of drug-likeness (QED) is 0.770. The predicted molar refractivity (Wildman–Crippen MR) is 106 cm³/mol. The second-order valence-electron chi connectivity index (χ2n) is 4.98. The van der Waals surface area contributed by atoms with Gasteiger partial charge in [-0.2, -0.15) is 0 Å². The second-order valence-corrected chi connectivity index (χ2v) is 6.97. The summed E-state index contributed by atoms with van der Waals surface area (Å²) in [7, 11) is -3.36. The van der Waals surface area contributed by atoms with Gasteiger partial charge in [-0.1, -0.05) is 71.9 Å². The maximum absolute atomic E-state index is 12.0. The highest BCUT2D eigenvalue weighted by Gasteiger charge is 2.10. The molecule has 0 saturated heterocycles. The zero-order valence-corrected chi connectivity index (χ0v) is 14.8. The third-order valence-corrected chi connectivity index (χ3v) is 4.55. The molecule has 2 aromatic carbocycles. The van der Waals surface area contributed by atoms with Crippen LogP contribution in [0.5, 0.6) is 0 Å². The Morgan fingerprint density at radius 2 is 1.23 bits per heavy atom. The van der Waals surface area contributed by atoms with Crippen molar-refractivity contribution in [2.24, 2.45) is 0 Å². The number of allylic oxidation sites excluding steroid dienone is 4. The van der Waals surface area contributed by atoms with E-state index < -0.39 is 9.84 Å². The molecule has 0 bridgehead atoms. The van der Waals surface area contributed by atoms with Gasteiger partial charge in [0.1, 0.15) is 5.75 Å². The van der Waals surface area contributed by atoms with Crippen molar-refractivity contribution in [2.45, 2.75) is 4.90 Å². The molecule has 0 heterocycles. The maximum atomic E-state index is 12.0. The van der Waals surface area contributed by atoms with Crippen LogP contribution in [0.2, 0.25) is 0 Å². The van der Waals surface area contributed by atoms with Crippen molar-refractivity contribution in [2.75, 3.05) is 5.75 Å². The van der Waals surface area contributed by atoms with Gasteiger partial charge in [-0.25, -0.2) is 8.42 Å². The van der Waals surface area contributed by atoms with Gasteiger partial charge in [-0.05, 0) is 48.6 Å². The first-order valence-electron chi connectivity index (χ1n) is 7.82. The molecule has 0 aliphatic carbocycles. The smallest absolute Gasteiger partial charge is 0.189 e. The minimum absolute atomic E-state index is 0.218. The van der Waals surface area contributed by atoms with Crippen LogP contribution < -0.4 is 0 Å². The van der Waals surface area contributed by atoms with E-state index in [0.29, 0.717) is 0 Å². The molecule has 0 saturated carbocycles. The molecule has 126 valence electrons. The van der Waals surface area contributed by atoms with Crippen LogP contribution in [0.1, 0.15) is 5.56 Å². The van der Waals surface area contributed by atoms with Gasteiger partial charge in [0, 0.05) is 5.56 Å². The number of benzene rings is 2. The maximum Gasteiger partial charge on any atom is 0.189 e. The largest absolute Gasteiger partial charge is 0.223 e. The molecule has 0 unspecified atom stereocenters. The fourth-order valence-electron chi connectivity index (χ4n) is 1.82. The van der Waals surface area contributed by atoms with Crippen LogP contribution in [0.3, 0.4) is 0 Å². The lowest BCUT2D eigenvalue weighted by Gasteiger charge is -1.98. The SMILES string of the molecule is O=S(=O)(CC#C/C=C\C#C/C=C\C#Cc1ccccc1)c1ccccc1. The first-order chi connectivity index (χ1) is 12.7. The summed E-state index contributed by atoms with van der Waals surface area (Å²) in [4.78, 5) is 0.278. The van der Waals surface area contributed by atoms with Crippen molar-refractivity contribution in [3.63, 3.8) is 0 Å². The third kappa shape index (κ3) is 6.98. The molecule has 0 aliphatic heterocycles. The van der Waals surface area contributed by atoms with E-state index in [2.05, 4.69) is 35.5 Å². The number of hydrogen-bond acceptors (Lipinski definition) is 2. The zero-order chi connectivity index (χ0) is 18.5. The second kappa shape index (κ2) is 10.4. The normalized spacial score (nSPS) is 10.3. The summed E-state index contributed by atoms with van der Waals surface area (Å²) in [5.41, 5.74) is 0.950. The van der Waals surface area contributed by atoms with E-state index in [-0.39, 0.29) is 10.6 Å². The molecule has 3 heteroatoms. The Labute approximate surface area is 155 Å².